The predicted molar refractivity (Wildman–Crippen MR) is 79.7 cm³/mol. The third-order valence-corrected chi connectivity index (χ3v) is 3.08. The summed E-state index contributed by atoms with van der Waals surface area (Å²) in [5.41, 5.74) is 1.39. The largest absolute Gasteiger partial charge is 0.481 e. The molecule has 0 radical (unpaired) electrons. The highest BCUT2D eigenvalue weighted by molar-refractivity contribution is 5.92. The van der Waals surface area contributed by atoms with Gasteiger partial charge in [-0.25, -0.2) is 0 Å². The van der Waals surface area contributed by atoms with Crippen LogP contribution in [0.4, 0.5) is 5.69 Å². The molecular weight excluding hydrogens is 254 g/mol. The minimum atomic E-state index is -0.880. The van der Waals surface area contributed by atoms with Crippen molar-refractivity contribution in [1.82, 2.24) is 0 Å². The molecule has 20 heavy (non-hydrogen) atoms. The van der Waals surface area contributed by atoms with Gasteiger partial charge in [0, 0.05) is 12.1 Å². The molecule has 0 saturated carbocycles. The van der Waals surface area contributed by atoms with Crippen LogP contribution in [0, 0.1) is 5.41 Å². The van der Waals surface area contributed by atoms with Crippen LogP contribution in [-0.2, 0) is 16.0 Å². The molecule has 0 aliphatic rings. The van der Waals surface area contributed by atoms with Crippen molar-refractivity contribution in [1.29, 1.82) is 0 Å². The monoisotopic (exact) mass is 277 g/mol. The van der Waals surface area contributed by atoms with E-state index in [-0.39, 0.29) is 18.7 Å². The number of aryl methyl sites for hydroxylation is 1. The molecule has 1 aromatic rings. The van der Waals surface area contributed by atoms with E-state index in [1.807, 2.05) is 24.3 Å². The maximum Gasteiger partial charge on any atom is 0.303 e. The van der Waals surface area contributed by atoms with E-state index in [0.717, 1.165) is 24.1 Å². The van der Waals surface area contributed by atoms with E-state index in [1.165, 1.54) is 0 Å². The first-order valence-electron chi connectivity index (χ1n) is 6.93. The number of para-hydroxylation sites is 1. The normalized spacial score (nSPS) is 11.2. The van der Waals surface area contributed by atoms with Crippen molar-refractivity contribution in [2.75, 3.05) is 5.32 Å². The third kappa shape index (κ3) is 5.43. The van der Waals surface area contributed by atoms with Crippen LogP contribution < -0.4 is 5.32 Å². The van der Waals surface area contributed by atoms with Gasteiger partial charge in [-0.2, -0.15) is 0 Å². The number of carboxylic acids is 1. The molecule has 1 amide bonds. The van der Waals surface area contributed by atoms with Crippen molar-refractivity contribution in [3.8, 4) is 0 Å². The van der Waals surface area contributed by atoms with Gasteiger partial charge in [0.25, 0.3) is 0 Å². The smallest absolute Gasteiger partial charge is 0.303 e. The van der Waals surface area contributed by atoms with E-state index in [9.17, 15) is 9.59 Å². The van der Waals surface area contributed by atoms with Crippen molar-refractivity contribution in [3.05, 3.63) is 29.8 Å². The lowest BCUT2D eigenvalue weighted by atomic mass is 9.85. The van der Waals surface area contributed by atoms with E-state index >= 15 is 0 Å². The quantitative estimate of drug-likeness (QED) is 0.802. The Bertz CT molecular complexity index is 480. The minimum Gasteiger partial charge on any atom is -0.481 e. The van der Waals surface area contributed by atoms with Gasteiger partial charge in [-0.05, 0) is 23.5 Å². The molecule has 4 heteroatoms. The summed E-state index contributed by atoms with van der Waals surface area (Å²) in [7, 11) is 0. The van der Waals surface area contributed by atoms with Crippen LogP contribution in [0.15, 0.2) is 24.3 Å². The lowest BCUT2D eigenvalue weighted by Crippen LogP contribution is -2.25. The number of benzene rings is 1. The van der Waals surface area contributed by atoms with Crippen LogP contribution in [0.5, 0.6) is 0 Å². The lowest BCUT2D eigenvalue weighted by molar-refractivity contribution is -0.139. The van der Waals surface area contributed by atoms with Crippen LogP contribution in [0.3, 0.4) is 0 Å². The number of aliphatic carboxylic acids is 1. The number of hydrogen-bond donors (Lipinski definition) is 2. The predicted octanol–water partition coefficient (Wildman–Crippen LogP) is 3.47. The Labute approximate surface area is 120 Å². The standard InChI is InChI=1S/C16H23NO3/c1-4-7-12-8-5-6-9-13(12)17-14(18)10-16(2,3)11-15(19)20/h5-6,8-9H,4,7,10-11H2,1-3H3,(H,17,18)(H,19,20). The van der Waals surface area contributed by atoms with Crippen molar-refractivity contribution in [3.63, 3.8) is 0 Å². The highest BCUT2D eigenvalue weighted by Crippen LogP contribution is 2.26. The van der Waals surface area contributed by atoms with Crippen LogP contribution in [0.2, 0.25) is 0 Å². The van der Waals surface area contributed by atoms with Crippen LogP contribution in [-0.4, -0.2) is 17.0 Å². The summed E-state index contributed by atoms with van der Waals surface area (Å²) in [5.74, 6) is -1.02. The summed E-state index contributed by atoms with van der Waals surface area (Å²) in [6, 6.07) is 7.72. The average Bonchev–Trinajstić information content (AvgIpc) is 2.29. The second-order valence-corrected chi connectivity index (χ2v) is 5.87. The maximum atomic E-state index is 12.1. The fourth-order valence-corrected chi connectivity index (χ4v) is 2.23. The average molecular weight is 277 g/mol. The van der Waals surface area contributed by atoms with Crippen LogP contribution in [0.1, 0.15) is 45.6 Å². The fraction of sp³-hybridized carbons (Fsp3) is 0.500. The van der Waals surface area contributed by atoms with Gasteiger partial charge in [0.05, 0.1) is 6.42 Å². The van der Waals surface area contributed by atoms with Gasteiger partial charge >= 0.3 is 5.97 Å². The number of carbonyl (C=O) groups excluding carboxylic acids is 1. The maximum absolute atomic E-state index is 12.1. The summed E-state index contributed by atoms with van der Waals surface area (Å²) < 4.78 is 0. The van der Waals surface area contributed by atoms with Gasteiger partial charge in [0.1, 0.15) is 0 Å². The van der Waals surface area contributed by atoms with Crippen molar-refractivity contribution in [2.24, 2.45) is 5.41 Å². The Kier molecular flexibility index (Phi) is 5.74. The molecule has 110 valence electrons. The first-order valence-corrected chi connectivity index (χ1v) is 6.93. The Morgan fingerprint density at radius 2 is 1.85 bits per heavy atom. The fourth-order valence-electron chi connectivity index (χ4n) is 2.23. The molecule has 0 spiro atoms. The van der Waals surface area contributed by atoms with Crippen LogP contribution >= 0.6 is 0 Å². The molecule has 0 aromatic heterocycles. The zero-order chi connectivity index (χ0) is 15.2. The van der Waals surface area contributed by atoms with Gasteiger partial charge in [-0.3, -0.25) is 9.59 Å². The number of hydrogen-bond acceptors (Lipinski definition) is 2. The van der Waals surface area contributed by atoms with E-state index < -0.39 is 11.4 Å². The Hall–Kier alpha value is -1.84. The minimum absolute atomic E-state index is 0.0168. The van der Waals surface area contributed by atoms with Crippen molar-refractivity contribution in [2.45, 2.75) is 46.5 Å². The molecule has 0 bridgehead atoms. The van der Waals surface area contributed by atoms with E-state index in [0.29, 0.717) is 0 Å². The lowest BCUT2D eigenvalue weighted by Gasteiger charge is -2.22. The topological polar surface area (TPSA) is 66.4 Å². The van der Waals surface area contributed by atoms with Crippen LogP contribution in [0.25, 0.3) is 0 Å². The molecule has 1 aromatic carbocycles. The van der Waals surface area contributed by atoms with Gasteiger partial charge in [-0.15, -0.1) is 0 Å². The Morgan fingerprint density at radius 3 is 2.45 bits per heavy atom. The Morgan fingerprint density at radius 1 is 1.20 bits per heavy atom. The summed E-state index contributed by atoms with van der Waals surface area (Å²) >= 11 is 0. The summed E-state index contributed by atoms with van der Waals surface area (Å²) in [4.78, 5) is 22.8. The molecule has 0 heterocycles. The van der Waals surface area contributed by atoms with Crippen molar-refractivity contribution < 1.29 is 14.7 Å². The van der Waals surface area contributed by atoms with E-state index in [1.54, 1.807) is 13.8 Å². The third-order valence-electron chi connectivity index (χ3n) is 3.08. The molecule has 0 fully saturated rings. The number of nitrogens with one attached hydrogen (secondary N) is 1. The van der Waals surface area contributed by atoms with Crippen molar-refractivity contribution >= 4 is 17.6 Å². The van der Waals surface area contributed by atoms with E-state index in [2.05, 4.69) is 12.2 Å². The number of carbonyl (C=O) groups is 2. The van der Waals surface area contributed by atoms with Gasteiger partial charge < -0.3 is 10.4 Å². The molecule has 0 saturated heterocycles. The number of anilines is 1. The Balaban J connectivity index is 2.69. The summed E-state index contributed by atoms with van der Waals surface area (Å²) in [6.45, 7) is 5.67. The first-order chi connectivity index (χ1) is 9.34. The number of amides is 1. The first kappa shape index (κ1) is 16.2. The molecule has 0 aliphatic carbocycles. The molecule has 0 aliphatic heterocycles. The SMILES string of the molecule is CCCc1ccccc1NC(=O)CC(C)(C)CC(=O)O. The second kappa shape index (κ2) is 7.08. The molecule has 1 rings (SSSR count). The molecule has 2 N–H and O–H groups in total. The summed E-state index contributed by atoms with van der Waals surface area (Å²) in [5, 5.41) is 11.7. The number of carboxylic acid groups (broad SMARTS) is 1. The molecular formula is C16H23NO3. The highest BCUT2D eigenvalue weighted by Gasteiger charge is 2.25. The zero-order valence-corrected chi connectivity index (χ0v) is 12.4. The second-order valence-electron chi connectivity index (χ2n) is 5.87. The molecule has 4 nitrogen and oxygen atoms in total. The van der Waals surface area contributed by atoms with Gasteiger partial charge in [-0.1, -0.05) is 45.4 Å². The number of rotatable bonds is 7. The highest BCUT2D eigenvalue weighted by atomic mass is 16.4. The molecule has 0 unspecified atom stereocenters. The summed E-state index contributed by atoms with van der Waals surface area (Å²) in [6.07, 6.45) is 2.10. The van der Waals surface area contributed by atoms with Gasteiger partial charge in [0.15, 0.2) is 0 Å². The van der Waals surface area contributed by atoms with E-state index in [4.69, 9.17) is 5.11 Å². The molecule has 0 atom stereocenters. The van der Waals surface area contributed by atoms with Gasteiger partial charge in [0.2, 0.25) is 5.91 Å². The zero-order valence-electron chi connectivity index (χ0n) is 12.4.